The highest BCUT2D eigenvalue weighted by molar-refractivity contribution is 9.10. The third-order valence-corrected chi connectivity index (χ3v) is 2.77. The molecule has 0 bridgehead atoms. The van der Waals surface area contributed by atoms with Crippen molar-refractivity contribution in [3.63, 3.8) is 0 Å². The van der Waals surface area contributed by atoms with E-state index in [0.717, 1.165) is 21.9 Å². The smallest absolute Gasteiger partial charge is 0.151 e. The first kappa shape index (κ1) is 10.1. The summed E-state index contributed by atoms with van der Waals surface area (Å²) in [4.78, 5) is 14.6. The molecule has 0 atom stereocenters. The molecule has 0 amide bonds. The van der Waals surface area contributed by atoms with E-state index < -0.39 is 0 Å². The summed E-state index contributed by atoms with van der Waals surface area (Å²) in [5.41, 5.74) is 2.56. The maximum Gasteiger partial charge on any atom is 0.151 e. The number of carbonyl (C=O) groups excluding carboxylic acids is 1. The van der Waals surface area contributed by atoms with Crippen LogP contribution >= 0.6 is 15.9 Å². The second-order valence-corrected chi connectivity index (χ2v) is 3.96. The SMILES string of the molecule is O=Cc1cncc(-c2ccccc2Br)c1. The second kappa shape index (κ2) is 4.36. The zero-order valence-electron chi connectivity index (χ0n) is 7.85. The van der Waals surface area contributed by atoms with Gasteiger partial charge in [0.05, 0.1) is 0 Å². The number of hydrogen-bond donors (Lipinski definition) is 0. The first-order chi connectivity index (χ1) is 7.31. The topological polar surface area (TPSA) is 30.0 Å². The summed E-state index contributed by atoms with van der Waals surface area (Å²) in [6, 6.07) is 9.66. The van der Waals surface area contributed by atoms with Gasteiger partial charge in [-0.15, -0.1) is 0 Å². The standard InChI is InChI=1S/C12H8BrNO/c13-12-4-2-1-3-11(12)10-5-9(8-15)6-14-7-10/h1-8H. The Kier molecular flexibility index (Phi) is 2.92. The van der Waals surface area contributed by atoms with Gasteiger partial charge >= 0.3 is 0 Å². The van der Waals surface area contributed by atoms with E-state index >= 15 is 0 Å². The molecule has 0 aliphatic carbocycles. The lowest BCUT2D eigenvalue weighted by molar-refractivity contribution is 0.112. The summed E-state index contributed by atoms with van der Waals surface area (Å²) in [6.45, 7) is 0. The van der Waals surface area contributed by atoms with Crippen LogP contribution in [-0.4, -0.2) is 11.3 Å². The first-order valence-electron chi connectivity index (χ1n) is 4.46. The Bertz CT molecular complexity index is 496. The second-order valence-electron chi connectivity index (χ2n) is 3.10. The number of carbonyl (C=O) groups is 1. The Balaban J connectivity index is 2.54. The van der Waals surface area contributed by atoms with E-state index in [2.05, 4.69) is 20.9 Å². The first-order valence-corrected chi connectivity index (χ1v) is 5.25. The van der Waals surface area contributed by atoms with E-state index in [9.17, 15) is 4.79 Å². The molecule has 0 aliphatic rings. The monoisotopic (exact) mass is 261 g/mol. The Morgan fingerprint density at radius 1 is 1.20 bits per heavy atom. The number of hydrogen-bond acceptors (Lipinski definition) is 2. The lowest BCUT2D eigenvalue weighted by Crippen LogP contribution is -1.86. The van der Waals surface area contributed by atoms with Crippen LogP contribution in [-0.2, 0) is 0 Å². The Morgan fingerprint density at radius 2 is 2.00 bits per heavy atom. The average molecular weight is 262 g/mol. The van der Waals surface area contributed by atoms with Crippen LogP contribution in [0, 0.1) is 0 Å². The highest BCUT2D eigenvalue weighted by atomic mass is 79.9. The van der Waals surface area contributed by atoms with E-state index in [4.69, 9.17) is 0 Å². The number of pyridine rings is 1. The van der Waals surface area contributed by atoms with Gasteiger partial charge in [-0.1, -0.05) is 34.1 Å². The molecule has 3 heteroatoms. The molecule has 0 fully saturated rings. The van der Waals surface area contributed by atoms with Gasteiger partial charge in [0, 0.05) is 28.0 Å². The van der Waals surface area contributed by atoms with Crippen molar-refractivity contribution in [1.82, 2.24) is 4.98 Å². The molecule has 0 aliphatic heterocycles. The van der Waals surface area contributed by atoms with Gasteiger partial charge in [0.15, 0.2) is 6.29 Å². The molecule has 0 saturated heterocycles. The minimum absolute atomic E-state index is 0.586. The van der Waals surface area contributed by atoms with Crippen LogP contribution in [0.25, 0.3) is 11.1 Å². The van der Waals surface area contributed by atoms with Gasteiger partial charge in [-0.3, -0.25) is 9.78 Å². The molecular weight excluding hydrogens is 254 g/mol. The predicted octanol–water partition coefficient (Wildman–Crippen LogP) is 3.32. The fraction of sp³-hybridized carbons (Fsp3) is 0. The molecule has 0 spiro atoms. The van der Waals surface area contributed by atoms with Crippen LogP contribution in [0.1, 0.15) is 10.4 Å². The van der Waals surface area contributed by atoms with Gasteiger partial charge in [0.2, 0.25) is 0 Å². The van der Waals surface area contributed by atoms with Gasteiger partial charge in [-0.05, 0) is 17.7 Å². The Labute approximate surface area is 96.1 Å². The molecule has 0 saturated carbocycles. The average Bonchev–Trinajstić information content (AvgIpc) is 2.30. The largest absolute Gasteiger partial charge is 0.298 e. The van der Waals surface area contributed by atoms with E-state index in [0.29, 0.717) is 5.56 Å². The van der Waals surface area contributed by atoms with Crippen molar-refractivity contribution in [1.29, 1.82) is 0 Å². The quantitative estimate of drug-likeness (QED) is 0.777. The third kappa shape index (κ3) is 2.13. The summed E-state index contributed by atoms with van der Waals surface area (Å²) in [5, 5.41) is 0. The number of nitrogens with zero attached hydrogens (tertiary/aromatic N) is 1. The number of rotatable bonds is 2. The zero-order chi connectivity index (χ0) is 10.7. The van der Waals surface area contributed by atoms with E-state index in [1.165, 1.54) is 0 Å². The molecule has 2 nitrogen and oxygen atoms in total. The van der Waals surface area contributed by atoms with Crippen molar-refractivity contribution >= 4 is 22.2 Å². The Morgan fingerprint density at radius 3 is 2.73 bits per heavy atom. The number of aromatic nitrogens is 1. The molecule has 1 aromatic carbocycles. The molecule has 0 N–H and O–H groups in total. The van der Waals surface area contributed by atoms with Crippen molar-refractivity contribution in [3.8, 4) is 11.1 Å². The minimum Gasteiger partial charge on any atom is -0.298 e. The van der Waals surface area contributed by atoms with Crippen molar-refractivity contribution in [2.24, 2.45) is 0 Å². The van der Waals surface area contributed by atoms with Crippen molar-refractivity contribution in [2.75, 3.05) is 0 Å². The van der Waals surface area contributed by atoms with Gasteiger partial charge in [-0.25, -0.2) is 0 Å². The van der Waals surface area contributed by atoms with Gasteiger partial charge in [0.1, 0.15) is 0 Å². The fourth-order valence-corrected chi connectivity index (χ4v) is 1.88. The van der Waals surface area contributed by atoms with Crippen molar-refractivity contribution in [2.45, 2.75) is 0 Å². The molecule has 2 rings (SSSR count). The van der Waals surface area contributed by atoms with Crippen molar-refractivity contribution < 1.29 is 4.79 Å². The van der Waals surface area contributed by atoms with Crippen LogP contribution in [0.2, 0.25) is 0 Å². The fourth-order valence-electron chi connectivity index (χ4n) is 1.36. The van der Waals surface area contributed by atoms with Gasteiger partial charge in [0.25, 0.3) is 0 Å². The van der Waals surface area contributed by atoms with Crippen LogP contribution in [0.3, 0.4) is 0 Å². The zero-order valence-corrected chi connectivity index (χ0v) is 9.44. The molecular formula is C12H8BrNO. The predicted molar refractivity (Wildman–Crippen MR) is 62.8 cm³/mol. The van der Waals surface area contributed by atoms with Crippen LogP contribution in [0.4, 0.5) is 0 Å². The lowest BCUT2D eigenvalue weighted by atomic mass is 10.1. The third-order valence-electron chi connectivity index (χ3n) is 2.08. The molecule has 0 radical (unpaired) electrons. The molecule has 2 aromatic rings. The number of halogens is 1. The van der Waals surface area contributed by atoms with E-state index in [1.54, 1.807) is 12.4 Å². The van der Waals surface area contributed by atoms with E-state index in [-0.39, 0.29) is 0 Å². The van der Waals surface area contributed by atoms with Gasteiger partial charge in [-0.2, -0.15) is 0 Å². The Hall–Kier alpha value is -1.48. The molecule has 15 heavy (non-hydrogen) atoms. The maximum absolute atomic E-state index is 10.6. The summed E-state index contributed by atoms with van der Waals surface area (Å²) in [6.07, 6.45) is 4.09. The summed E-state index contributed by atoms with van der Waals surface area (Å²) in [7, 11) is 0. The van der Waals surface area contributed by atoms with Crippen molar-refractivity contribution in [3.05, 3.63) is 52.8 Å². The highest BCUT2D eigenvalue weighted by Crippen LogP contribution is 2.27. The minimum atomic E-state index is 0.586. The maximum atomic E-state index is 10.6. The number of aldehydes is 1. The normalized spacial score (nSPS) is 9.93. The summed E-state index contributed by atoms with van der Waals surface area (Å²) >= 11 is 3.46. The van der Waals surface area contributed by atoms with Crippen LogP contribution in [0.5, 0.6) is 0 Å². The van der Waals surface area contributed by atoms with Crippen LogP contribution in [0.15, 0.2) is 47.2 Å². The van der Waals surface area contributed by atoms with Crippen LogP contribution < -0.4 is 0 Å². The molecule has 1 heterocycles. The van der Waals surface area contributed by atoms with Gasteiger partial charge < -0.3 is 0 Å². The molecule has 74 valence electrons. The summed E-state index contributed by atoms with van der Waals surface area (Å²) < 4.78 is 0.995. The summed E-state index contributed by atoms with van der Waals surface area (Å²) in [5.74, 6) is 0. The molecule has 1 aromatic heterocycles. The molecule has 0 unspecified atom stereocenters. The lowest BCUT2D eigenvalue weighted by Gasteiger charge is -2.03. The van der Waals surface area contributed by atoms with E-state index in [1.807, 2.05) is 30.3 Å². The highest BCUT2D eigenvalue weighted by Gasteiger charge is 2.02. The number of benzene rings is 1.